The smallest absolute Gasteiger partial charge is 0.172 e. The monoisotopic (exact) mass is 360 g/mol. The van der Waals surface area contributed by atoms with Crippen molar-refractivity contribution in [2.45, 2.75) is 32.6 Å². The van der Waals surface area contributed by atoms with Gasteiger partial charge in [-0.15, -0.1) is 0 Å². The SMILES string of the molecule is CC1(C)CC(=O)C2(C(=O)C1)[C@H](c1ccc(Cl)cc1Cl)C2(C#N)C#N. The summed E-state index contributed by atoms with van der Waals surface area (Å²) in [6.45, 7) is 3.67. The third-order valence-corrected chi connectivity index (χ3v) is 5.75. The van der Waals surface area contributed by atoms with Gasteiger partial charge in [0.05, 0.1) is 12.1 Å². The van der Waals surface area contributed by atoms with Gasteiger partial charge in [0.25, 0.3) is 0 Å². The van der Waals surface area contributed by atoms with Crippen molar-refractivity contribution in [3.8, 4) is 12.1 Å². The van der Waals surface area contributed by atoms with Gasteiger partial charge in [0.15, 0.2) is 5.41 Å². The number of benzene rings is 1. The van der Waals surface area contributed by atoms with Crippen LogP contribution in [0.15, 0.2) is 18.2 Å². The van der Waals surface area contributed by atoms with Crippen molar-refractivity contribution in [3.05, 3.63) is 33.8 Å². The zero-order valence-electron chi connectivity index (χ0n) is 13.2. The molecule has 1 spiro atoms. The Bertz CT molecular complexity index is 827. The third-order valence-electron chi connectivity index (χ3n) is 5.19. The Morgan fingerprint density at radius 2 is 1.62 bits per heavy atom. The first-order valence-corrected chi connectivity index (χ1v) is 8.26. The average molecular weight is 361 g/mol. The largest absolute Gasteiger partial charge is 0.298 e. The lowest BCUT2D eigenvalue weighted by Gasteiger charge is -2.33. The summed E-state index contributed by atoms with van der Waals surface area (Å²) in [5.41, 5.74) is -3.32. The first kappa shape index (κ1) is 17.0. The second-order valence-corrected chi connectivity index (χ2v) is 8.15. The molecule has 0 heterocycles. The average Bonchev–Trinajstić information content (AvgIpc) is 3.09. The Balaban J connectivity index is 2.21. The normalized spacial score (nSPS) is 25.8. The van der Waals surface area contributed by atoms with Gasteiger partial charge in [-0.05, 0) is 23.1 Å². The molecule has 0 amide bonds. The molecule has 3 rings (SSSR count). The van der Waals surface area contributed by atoms with Gasteiger partial charge in [-0.3, -0.25) is 9.59 Å². The standard InChI is InChI=1S/C18H14Cl2N2O2/c1-16(2)6-13(23)18(14(24)7-16)15(17(18,8-21)9-22)11-4-3-10(19)5-12(11)20/h3-5,15H,6-7H2,1-2H3/t15-/m1/s1. The topological polar surface area (TPSA) is 81.7 Å². The molecule has 122 valence electrons. The molecule has 2 aliphatic rings. The summed E-state index contributed by atoms with van der Waals surface area (Å²) in [7, 11) is 0. The molecular weight excluding hydrogens is 347 g/mol. The maximum absolute atomic E-state index is 12.9. The lowest BCUT2D eigenvalue weighted by Crippen LogP contribution is -2.42. The molecule has 1 atom stereocenters. The minimum absolute atomic E-state index is 0.158. The van der Waals surface area contributed by atoms with Crippen LogP contribution in [-0.4, -0.2) is 11.6 Å². The summed E-state index contributed by atoms with van der Waals surface area (Å²) in [4.78, 5) is 25.8. The molecule has 0 aromatic heterocycles. The highest BCUT2D eigenvalue weighted by atomic mass is 35.5. The van der Waals surface area contributed by atoms with E-state index >= 15 is 0 Å². The van der Waals surface area contributed by atoms with Crippen LogP contribution in [0.5, 0.6) is 0 Å². The van der Waals surface area contributed by atoms with Crippen molar-refractivity contribution >= 4 is 34.8 Å². The zero-order chi connectivity index (χ0) is 17.9. The Kier molecular flexibility index (Phi) is 3.57. The van der Waals surface area contributed by atoms with Crippen LogP contribution in [-0.2, 0) is 9.59 Å². The Labute approximate surface area is 150 Å². The fourth-order valence-corrected chi connectivity index (χ4v) is 4.65. The van der Waals surface area contributed by atoms with Crippen molar-refractivity contribution in [2.24, 2.45) is 16.2 Å². The van der Waals surface area contributed by atoms with Gasteiger partial charge in [-0.1, -0.05) is 43.1 Å². The number of hydrogen-bond acceptors (Lipinski definition) is 4. The number of halogens is 2. The molecule has 2 fully saturated rings. The Hall–Kier alpha value is -1.88. The second-order valence-electron chi connectivity index (χ2n) is 7.30. The summed E-state index contributed by atoms with van der Waals surface area (Å²) >= 11 is 12.1. The van der Waals surface area contributed by atoms with E-state index in [2.05, 4.69) is 0 Å². The van der Waals surface area contributed by atoms with E-state index in [9.17, 15) is 20.1 Å². The minimum atomic E-state index is -1.70. The summed E-state index contributed by atoms with van der Waals surface area (Å²) in [5, 5.41) is 20.0. The van der Waals surface area contributed by atoms with Crippen LogP contribution in [0.25, 0.3) is 0 Å². The highest BCUT2D eigenvalue weighted by molar-refractivity contribution is 6.35. The number of hydrogen-bond donors (Lipinski definition) is 0. The van der Waals surface area contributed by atoms with Crippen LogP contribution < -0.4 is 0 Å². The van der Waals surface area contributed by atoms with Crippen molar-refractivity contribution in [1.29, 1.82) is 10.5 Å². The molecule has 24 heavy (non-hydrogen) atoms. The van der Waals surface area contributed by atoms with E-state index in [0.717, 1.165) is 0 Å². The number of carbonyl (C=O) groups is 2. The van der Waals surface area contributed by atoms with Crippen LogP contribution in [0.2, 0.25) is 10.0 Å². The molecule has 1 aromatic carbocycles. The van der Waals surface area contributed by atoms with Crippen molar-refractivity contribution < 1.29 is 9.59 Å². The second kappa shape index (κ2) is 5.06. The van der Waals surface area contributed by atoms with E-state index in [1.54, 1.807) is 12.1 Å². The summed E-state index contributed by atoms with van der Waals surface area (Å²) in [6, 6.07) is 8.56. The third kappa shape index (κ3) is 1.91. The van der Waals surface area contributed by atoms with Gasteiger partial charge in [-0.2, -0.15) is 10.5 Å². The van der Waals surface area contributed by atoms with Crippen molar-refractivity contribution in [1.82, 2.24) is 0 Å². The highest BCUT2D eigenvalue weighted by Crippen LogP contribution is 2.77. The maximum Gasteiger partial charge on any atom is 0.172 e. The van der Waals surface area contributed by atoms with Gasteiger partial charge < -0.3 is 0 Å². The molecule has 0 aliphatic heterocycles. The molecule has 0 radical (unpaired) electrons. The summed E-state index contributed by atoms with van der Waals surface area (Å²) in [5.74, 6) is -1.54. The van der Waals surface area contributed by atoms with Crippen LogP contribution in [0.4, 0.5) is 0 Å². The zero-order valence-corrected chi connectivity index (χ0v) is 14.7. The number of Topliss-reactive ketones (excluding diaryl/α,β-unsaturated/α-hetero) is 2. The predicted octanol–water partition coefficient (Wildman–Crippen LogP) is 4.07. The minimum Gasteiger partial charge on any atom is -0.298 e. The van der Waals surface area contributed by atoms with Crippen LogP contribution in [0.1, 0.15) is 38.2 Å². The van der Waals surface area contributed by atoms with Gasteiger partial charge >= 0.3 is 0 Å². The van der Waals surface area contributed by atoms with Crippen LogP contribution in [0, 0.1) is 38.9 Å². The lowest BCUT2D eigenvalue weighted by molar-refractivity contribution is -0.142. The van der Waals surface area contributed by atoms with E-state index in [1.165, 1.54) is 6.07 Å². The van der Waals surface area contributed by atoms with Crippen molar-refractivity contribution in [2.75, 3.05) is 0 Å². The van der Waals surface area contributed by atoms with Crippen LogP contribution in [0.3, 0.4) is 0 Å². The number of nitriles is 2. The lowest BCUT2D eigenvalue weighted by atomic mass is 9.67. The van der Waals surface area contributed by atoms with Crippen LogP contribution >= 0.6 is 23.2 Å². The van der Waals surface area contributed by atoms with E-state index in [4.69, 9.17) is 23.2 Å². The summed E-state index contributed by atoms with van der Waals surface area (Å²) < 4.78 is 0. The number of nitrogens with zero attached hydrogens (tertiary/aromatic N) is 2. The van der Waals surface area contributed by atoms with Gasteiger partial charge in [-0.25, -0.2) is 0 Å². The van der Waals surface area contributed by atoms with E-state index < -0.39 is 22.2 Å². The number of rotatable bonds is 1. The molecule has 4 nitrogen and oxygen atoms in total. The molecule has 0 bridgehead atoms. The molecule has 2 saturated carbocycles. The fraction of sp³-hybridized carbons (Fsp3) is 0.444. The Morgan fingerprint density at radius 1 is 1.08 bits per heavy atom. The quantitative estimate of drug-likeness (QED) is 0.706. The molecule has 2 aliphatic carbocycles. The molecule has 0 saturated heterocycles. The first-order valence-electron chi connectivity index (χ1n) is 7.50. The predicted molar refractivity (Wildman–Crippen MR) is 88.3 cm³/mol. The highest BCUT2D eigenvalue weighted by Gasteiger charge is 2.87. The van der Waals surface area contributed by atoms with Gasteiger partial charge in [0.1, 0.15) is 17.0 Å². The van der Waals surface area contributed by atoms with Gasteiger partial charge in [0, 0.05) is 28.8 Å². The molecule has 1 aromatic rings. The summed E-state index contributed by atoms with van der Waals surface area (Å²) in [6.07, 6.45) is 0.317. The molecule has 0 unspecified atom stereocenters. The number of ketones is 2. The number of carbonyl (C=O) groups excluding carboxylic acids is 2. The molecular formula is C18H14Cl2N2O2. The van der Waals surface area contributed by atoms with E-state index in [-0.39, 0.29) is 29.4 Å². The van der Waals surface area contributed by atoms with Gasteiger partial charge in [0.2, 0.25) is 0 Å². The fourth-order valence-electron chi connectivity index (χ4n) is 4.14. The molecule has 0 N–H and O–H groups in total. The van der Waals surface area contributed by atoms with Crippen molar-refractivity contribution in [3.63, 3.8) is 0 Å². The molecule has 6 heteroatoms. The first-order chi connectivity index (χ1) is 11.2. The van der Waals surface area contributed by atoms with E-state index in [0.29, 0.717) is 10.6 Å². The Morgan fingerprint density at radius 3 is 2.08 bits per heavy atom. The van der Waals surface area contributed by atoms with E-state index in [1.807, 2.05) is 26.0 Å². The maximum atomic E-state index is 12.9.